The summed E-state index contributed by atoms with van der Waals surface area (Å²) in [6, 6.07) is 2.94. The summed E-state index contributed by atoms with van der Waals surface area (Å²) in [6.07, 6.45) is -2.94. The van der Waals surface area contributed by atoms with Gasteiger partial charge in [0.05, 0.1) is 5.69 Å². The molecule has 0 spiro atoms. The predicted octanol–water partition coefficient (Wildman–Crippen LogP) is 1.90. The van der Waals surface area contributed by atoms with Crippen molar-refractivity contribution in [3.63, 3.8) is 0 Å². The monoisotopic (exact) mass is 409 g/mol. The molecule has 1 saturated heterocycles. The van der Waals surface area contributed by atoms with Crippen molar-refractivity contribution >= 4 is 11.0 Å². The molecule has 2 aromatic heterocycles. The highest BCUT2D eigenvalue weighted by Crippen LogP contribution is 2.43. The highest BCUT2D eigenvalue weighted by molar-refractivity contribution is 5.78. The minimum Gasteiger partial charge on any atom is -0.386 e. The van der Waals surface area contributed by atoms with E-state index >= 15 is 0 Å². The number of fused-ring (bicyclic) bond motifs is 1. The molecule has 3 N–H and O–H groups in total. The van der Waals surface area contributed by atoms with Crippen LogP contribution in [0.3, 0.4) is 0 Å². The van der Waals surface area contributed by atoms with Gasteiger partial charge in [0.1, 0.15) is 35.9 Å². The van der Waals surface area contributed by atoms with Crippen LogP contribution in [-0.2, 0) is 4.74 Å². The Morgan fingerprint density at radius 1 is 1.21 bits per heavy atom. The molecule has 3 aromatic rings. The maximum Gasteiger partial charge on any atom is 0.194 e. The Labute approximate surface area is 163 Å². The molecule has 0 bridgehead atoms. The quantitative estimate of drug-likeness (QED) is 0.572. The average molecular weight is 409 g/mol. The van der Waals surface area contributed by atoms with Gasteiger partial charge < -0.3 is 24.6 Å². The van der Waals surface area contributed by atoms with Crippen LogP contribution in [0.2, 0.25) is 0 Å². The first-order valence-electron chi connectivity index (χ1n) is 8.79. The maximum atomic E-state index is 13.6. The predicted molar refractivity (Wildman–Crippen MR) is 94.1 cm³/mol. The first kappa shape index (κ1) is 19.8. The fourth-order valence-electron chi connectivity index (χ4n) is 3.65. The van der Waals surface area contributed by atoms with Crippen molar-refractivity contribution in [2.45, 2.75) is 44.0 Å². The Morgan fingerprint density at radius 3 is 2.52 bits per heavy atom. The lowest BCUT2D eigenvalue weighted by atomic mass is 9.88. The molecular formula is C19H18F3N3O4. The second-order valence-electron chi connectivity index (χ2n) is 7.28. The number of aromatic nitrogens is 3. The van der Waals surface area contributed by atoms with Crippen LogP contribution in [-0.4, -0.2) is 47.7 Å². The average Bonchev–Trinajstić information content (AvgIpc) is 3.19. The molecule has 0 saturated carbocycles. The van der Waals surface area contributed by atoms with Crippen LogP contribution in [0.1, 0.15) is 30.5 Å². The third-order valence-corrected chi connectivity index (χ3v) is 5.35. The number of hydrogen-bond acceptors (Lipinski definition) is 6. The van der Waals surface area contributed by atoms with E-state index in [0.717, 1.165) is 0 Å². The molecule has 0 radical (unpaired) electrons. The molecule has 1 aromatic carbocycles. The number of benzene rings is 1. The van der Waals surface area contributed by atoms with Gasteiger partial charge >= 0.3 is 0 Å². The summed E-state index contributed by atoms with van der Waals surface area (Å²) in [5.74, 6) is -4.65. The molecular weight excluding hydrogens is 391 g/mol. The van der Waals surface area contributed by atoms with E-state index in [-0.39, 0.29) is 5.56 Å². The number of aliphatic hydroxyl groups excluding tert-OH is 2. The lowest BCUT2D eigenvalue weighted by Gasteiger charge is -2.29. The van der Waals surface area contributed by atoms with Crippen molar-refractivity contribution in [3.05, 3.63) is 59.4 Å². The summed E-state index contributed by atoms with van der Waals surface area (Å²) in [5, 5.41) is 32.8. The fourth-order valence-corrected chi connectivity index (χ4v) is 3.65. The highest BCUT2D eigenvalue weighted by atomic mass is 19.2. The molecule has 3 heterocycles. The van der Waals surface area contributed by atoms with E-state index in [1.165, 1.54) is 17.8 Å². The number of hydrogen-bond donors (Lipinski definition) is 3. The van der Waals surface area contributed by atoms with Gasteiger partial charge in [-0.15, -0.1) is 0 Å². The van der Waals surface area contributed by atoms with Crippen molar-refractivity contribution in [2.75, 3.05) is 0 Å². The van der Waals surface area contributed by atoms with Crippen LogP contribution in [0.25, 0.3) is 11.0 Å². The van der Waals surface area contributed by atoms with Gasteiger partial charge in [-0.2, -0.15) is 0 Å². The molecule has 0 amide bonds. The standard InChI is InChI=1S/C19H18F3N3O4/c1-8-10-3-4-25(17(10)24-7-23-8)18-15(27)19(2,28)16(29-18)14(26)9-5-11(20)13(22)12(21)6-9/h3-7,14-16,18,26-28H,1-2H3/t14-,15+,16-,18-,19+/m1/s1. The summed E-state index contributed by atoms with van der Waals surface area (Å²) in [7, 11) is 0. The van der Waals surface area contributed by atoms with Gasteiger partial charge in [0.25, 0.3) is 0 Å². The molecule has 1 aliphatic heterocycles. The Hall–Kier alpha value is -2.53. The van der Waals surface area contributed by atoms with Gasteiger partial charge in [-0.3, -0.25) is 0 Å². The molecule has 5 atom stereocenters. The molecule has 0 unspecified atom stereocenters. The Morgan fingerprint density at radius 2 is 1.86 bits per heavy atom. The molecule has 10 heteroatoms. The van der Waals surface area contributed by atoms with Gasteiger partial charge in [0.2, 0.25) is 0 Å². The van der Waals surface area contributed by atoms with Crippen LogP contribution in [0.4, 0.5) is 13.2 Å². The largest absolute Gasteiger partial charge is 0.386 e. The number of aliphatic hydroxyl groups is 3. The molecule has 0 aliphatic carbocycles. The third kappa shape index (κ3) is 2.99. The van der Waals surface area contributed by atoms with Crippen LogP contribution in [0.5, 0.6) is 0 Å². The first-order valence-corrected chi connectivity index (χ1v) is 8.79. The van der Waals surface area contributed by atoms with Crippen molar-refractivity contribution in [1.82, 2.24) is 14.5 Å². The van der Waals surface area contributed by atoms with E-state index in [1.54, 1.807) is 19.2 Å². The third-order valence-electron chi connectivity index (χ3n) is 5.35. The van der Waals surface area contributed by atoms with E-state index in [1.807, 2.05) is 0 Å². The zero-order chi connectivity index (χ0) is 21.1. The molecule has 4 rings (SSSR count). The van der Waals surface area contributed by atoms with Gasteiger partial charge in [-0.1, -0.05) is 0 Å². The minimum absolute atomic E-state index is 0.338. The zero-order valence-electron chi connectivity index (χ0n) is 15.4. The van der Waals surface area contributed by atoms with Gasteiger partial charge in [-0.05, 0) is 37.6 Å². The number of aryl methyl sites for hydroxylation is 1. The van der Waals surface area contributed by atoms with Crippen molar-refractivity contribution in [2.24, 2.45) is 0 Å². The zero-order valence-corrected chi connectivity index (χ0v) is 15.4. The fraction of sp³-hybridized carbons (Fsp3) is 0.368. The van der Waals surface area contributed by atoms with E-state index in [9.17, 15) is 28.5 Å². The van der Waals surface area contributed by atoms with Crippen molar-refractivity contribution in [1.29, 1.82) is 0 Å². The summed E-state index contributed by atoms with van der Waals surface area (Å²) in [6.45, 7) is 3.01. The highest BCUT2D eigenvalue weighted by Gasteiger charge is 2.56. The van der Waals surface area contributed by atoms with Crippen LogP contribution < -0.4 is 0 Å². The molecule has 154 valence electrons. The Bertz CT molecular complexity index is 1060. The molecule has 1 aliphatic rings. The van der Waals surface area contributed by atoms with Crippen LogP contribution in [0, 0.1) is 24.4 Å². The van der Waals surface area contributed by atoms with Gasteiger partial charge in [0, 0.05) is 11.6 Å². The lowest BCUT2D eigenvalue weighted by Crippen LogP contribution is -2.47. The normalized spacial score (nSPS) is 28.2. The lowest BCUT2D eigenvalue weighted by molar-refractivity contribution is -0.115. The topological polar surface area (TPSA) is 101 Å². The van der Waals surface area contributed by atoms with E-state index < -0.39 is 47.6 Å². The summed E-state index contributed by atoms with van der Waals surface area (Å²) < 4.78 is 47.6. The van der Waals surface area contributed by atoms with Gasteiger partial charge in [-0.25, -0.2) is 23.1 Å². The van der Waals surface area contributed by atoms with Crippen molar-refractivity contribution < 1.29 is 33.2 Å². The van der Waals surface area contributed by atoms with E-state index in [4.69, 9.17) is 4.74 Å². The molecule has 7 nitrogen and oxygen atoms in total. The minimum atomic E-state index is -2.00. The number of nitrogens with zero attached hydrogens (tertiary/aromatic N) is 3. The summed E-state index contributed by atoms with van der Waals surface area (Å²) in [4.78, 5) is 8.25. The summed E-state index contributed by atoms with van der Waals surface area (Å²) >= 11 is 0. The first-order chi connectivity index (χ1) is 13.6. The number of rotatable bonds is 3. The SMILES string of the molecule is Cc1ncnc2c1ccn2[C@@H]1O[C@H]([C@H](O)c2cc(F)c(F)c(F)c2)[C@@](C)(O)[C@H]1O. The van der Waals surface area contributed by atoms with Crippen molar-refractivity contribution in [3.8, 4) is 0 Å². The molecule has 29 heavy (non-hydrogen) atoms. The van der Waals surface area contributed by atoms with E-state index in [2.05, 4.69) is 9.97 Å². The maximum absolute atomic E-state index is 13.6. The van der Waals surface area contributed by atoms with E-state index in [0.29, 0.717) is 28.9 Å². The second kappa shape index (κ2) is 6.77. The van der Waals surface area contributed by atoms with Gasteiger partial charge in [0.15, 0.2) is 23.7 Å². The Balaban J connectivity index is 1.72. The smallest absolute Gasteiger partial charge is 0.194 e. The Kier molecular flexibility index (Phi) is 4.61. The number of halogens is 3. The second-order valence-corrected chi connectivity index (χ2v) is 7.28. The number of ether oxygens (including phenoxy) is 1. The van der Waals surface area contributed by atoms with Crippen LogP contribution in [0.15, 0.2) is 30.7 Å². The van der Waals surface area contributed by atoms with Crippen LogP contribution >= 0.6 is 0 Å². The molecule has 1 fully saturated rings. The summed E-state index contributed by atoms with van der Waals surface area (Å²) in [5.41, 5.74) is -1.20.